The van der Waals surface area contributed by atoms with Gasteiger partial charge in [-0.2, -0.15) is 0 Å². The third-order valence-corrected chi connectivity index (χ3v) is 4.24. The highest BCUT2D eigenvalue weighted by Crippen LogP contribution is 2.17. The maximum absolute atomic E-state index is 12.4. The standard InChI is InChI=1S/C20H20N2O2/c1-14-12-16-13-15(8-10-18(16)21-20(14)24)9-11-19(23)22(2)17-6-4-3-5-7-17/h3-8,10,12-13H,9,11H2,1-2H3,(H,21,24). The highest BCUT2D eigenvalue weighted by atomic mass is 16.2. The molecular weight excluding hydrogens is 300 g/mol. The molecule has 3 aromatic rings. The molecule has 0 radical (unpaired) electrons. The van der Waals surface area contributed by atoms with Crippen molar-refractivity contribution in [1.82, 2.24) is 4.98 Å². The highest BCUT2D eigenvalue weighted by Gasteiger charge is 2.10. The van der Waals surface area contributed by atoms with Crippen LogP contribution in [0.5, 0.6) is 0 Å². The first-order valence-corrected chi connectivity index (χ1v) is 7.99. The summed E-state index contributed by atoms with van der Waals surface area (Å²) in [5.74, 6) is 0.0824. The first-order valence-electron chi connectivity index (χ1n) is 7.99. The van der Waals surface area contributed by atoms with E-state index in [0.717, 1.165) is 22.2 Å². The van der Waals surface area contributed by atoms with Crippen molar-refractivity contribution in [1.29, 1.82) is 0 Å². The Morgan fingerprint density at radius 1 is 1.08 bits per heavy atom. The zero-order valence-electron chi connectivity index (χ0n) is 13.9. The van der Waals surface area contributed by atoms with Crippen molar-refractivity contribution < 1.29 is 4.79 Å². The van der Waals surface area contributed by atoms with Gasteiger partial charge in [-0.05, 0) is 54.6 Å². The number of aromatic nitrogens is 1. The van der Waals surface area contributed by atoms with Crippen LogP contribution in [0.4, 0.5) is 5.69 Å². The van der Waals surface area contributed by atoms with Crippen molar-refractivity contribution in [3.63, 3.8) is 0 Å². The Balaban J connectivity index is 1.72. The molecule has 1 aromatic heterocycles. The van der Waals surface area contributed by atoms with E-state index in [9.17, 15) is 9.59 Å². The normalized spacial score (nSPS) is 10.8. The van der Waals surface area contributed by atoms with E-state index in [2.05, 4.69) is 4.98 Å². The molecule has 122 valence electrons. The van der Waals surface area contributed by atoms with Gasteiger partial charge in [-0.15, -0.1) is 0 Å². The molecule has 24 heavy (non-hydrogen) atoms. The number of aryl methyl sites for hydroxylation is 2. The lowest BCUT2D eigenvalue weighted by atomic mass is 10.1. The van der Waals surface area contributed by atoms with Gasteiger partial charge in [-0.25, -0.2) is 0 Å². The molecule has 1 amide bonds. The molecule has 0 aliphatic rings. The maximum Gasteiger partial charge on any atom is 0.251 e. The quantitative estimate of drug-likeness (QED) is 0.800. The van der Waals surface area contributed by atoms with Gasteiger partial charge in [0.05, 0.1) is 0 Å². The molecule has 0 aliphatic carbocycles. The molecule has 0 bridgehead atoms. The van der Waals surface area contributed by atoms with Crippen LogP contribution in [0, 0.1) is 6.92 Å². The second-order valence-electron chi connectivity index (χ2n) is 5.99. The lowest BCUT2D eigenvalue weighted by Gasteiger charge is -2.17. The fourth-order valence-electron chi connectivity index (χ4n) is 2.74. The average Bonchev–Trinajstić information content (AvgIpc) is 2.60. The summed E-state index contributed by atoms with van der Waals surface area (Å²) in [7, 11) is 1.80. The largest absolute Gasteiger partial charge is 0.322 e. The van der Waals surface area contributed by atoms with Crippen LogP contribution < -0.4 is 10.5 Å². The minimum atomic E-state index is -0.0603. The van der Waals surface area contributed by atoms with Gasteiger partial charge in [0.15, 0.2) is 0 Å². The fraction of sp³-hybridized carbons (Fsp3) is 0.200. The van der Waals surface area contributed by atoms with Crippen LogP contribution in [0.15, 0.2) is 59.4 Å². The van der Waals surface area contributed by atoms with E-state index >= 15 is 0 Å². The molecule has 0 saturated carbocycles. The number of aromatic amines is 1. The predicted octanol–water partition coefficient (Wildman–Crippen LogP) is 3.43. The van der Waals surface area contributed by atoms with Crippen molar-refractivity contribution in [2.75, 3.05) is 11.9 Å². The maximum atomic E-state index is 12.4. The first-order chi connectivity index (χ1) is 11.5. The molecule has 0 fully saturated rings. The van der Waals surface area contributed by atoms with E-state index in [-0.39, 0.29) is 11.5 Å². The molecule has 3 rings (SSSR count). The number of nitrogens with one attached hydrogen (secondary N) is 1. The molecule has 2 aromatic carbocycles. The van der Waals surface area contributed by atoms with Gasteiger partial charge in [0.1, 0.15) is 0 Å². The first kappa shape index (κ1) is 16.0. The van der Waals surface area contributed by atoms with Crippen LogP contribution in [-0.4, -0.2) is 17.9 Å². The molecule has 0 unspecified atom stereocenters. The van der Waals surface area contributed by atoms with Gasteiger partial charge < -0.3 is 9.88 Å². The summed E-state index contributed by atoms with van der Waals surface area (Å²) in [6.45, 7) is 1.79. The third-order valence-electron chi connectivity index (χ3n) is 4.24. The van der Waals surface area contributed by atoms with E-state index in [1.807, 2.05) is 54.6 Å². The number of amides is 1. The fourth-order valence-corrected chi connectivity index (χ4v) is 2.74. The van der Waals surface area contributed by atoms with Gasteiger partial charge in [0, 0.05) is 30.2 Å². The van der Waals surface area contributed by atoms with Gasteiger partial charge in [-0.3, -0.25) is 9.59 Å². The van der Waals surface area contributed by atoms with Gasteiger partial charge >= 0.3 is 0 Å². The third kappa shape index (κ3) is 3.38. The molecule has 0 saturated heterocycles. The second kappa shape index (κ2) is 6.71. The summed E-state index contributed by atoms with van der Waals surface area (Å²) in [4.78, 5) is 28.5. The Bertz CT molecular complexity index is 929. The van der Waals surface area contributed by atoms with E-state index in [1.165, 1.54) is 0 Å². The Morgan fingerprint density at radius 2 is 1.83 bits per heavy atom. The number of hydrogen-bond donors (Lipinski definition) is 1. The summed E-state index contributed by atoms with van der Waals surface area (Å²) in [5.41, 5.74) is 3.44. The summed E-state index contributed by atoms with van der Waals surface area (Å²) in [5, 5.41) is 0.994. The van der Waals surface area contributed by atoms with Crippen molar-refractivity contribution in [3.05, 3.63) is 76.1 Å². The zero-order valence-corrected chi connectivity index (χ0v) is 13.9. The summed E-state index contributed by atoms with van der Waals surface area (Å²) in [6, 6.07) is 17.4. The number of carbonyl (C=O) groups is 1. The average molecular weight is 320 g/mol. The molecular formula is C20H20N2O2. The number of pyridine rings is 1. The number of rotatable bonds is 4. The number of anilines is 1. The smallest absolute Gasteiger partial charge is 0.251 e. The molecule has 0 spiro atoms. The van der Waals surface area contributed by atoms with Crippen LogP contribution in [0.25, 0.3) is 10.9 Å². The SMILES string of the molecule is Cc1cc2cc(CCC(=O)N(C)c3ccccc3)ccc2[nH]c1=O. The Labute approximate surface area is 140 Å². The molecule has 0 aliphatic heterocycles. The Kier molecular flexibility index (Phi) is 4.47. The summed E-state index contributed by atoms with van der Waals surface area (Å²) in [6.07, 6.45) is 1.11. The zero-order chi connectivity index (χ0) is 17.1. The number of H-pyrrole nitrogens is 1. The highest BCUT2D eigenvalue weighted by molar-refractivity contribution is 5.93. The number of nitrogens with zero attached hydrogens (tertiary/aromatic N) is 1. The van der Waals surface area contributed by atoms with Crippen molar-refractivity contribution >= 4 is 22.5 Å². The summed E-state index contributed by atoms with van der Waals surface area (Å²) < 4.78 is 0. The van der Waals surface area contributed by atoms with E-state index in [1.54, 1.807) is 18.9 Å². The van der Waals surface area contributed by atoms with E-state index < -0.39 is 0 Å². The van der Waals surface area contributed by atoms with Crippen molar-refractivity contribution in [2.45, 2.75) is 19.8 Å². The number of hydrogen-bond acceptors (Lipinski definition) is 2. The van der Waals surface area contributed by atoms with E-state index in [4.69, 9.17) is 0 Å². The molecule has 1 N–H and O–H groups in total. The number of benzene rings is 2. The Hall–Kier alpha value is -2.88. The molecule has 1 heterocycles. The van der Waals surface area contributed by atoms with Crippen LogP contribution in [0.2, 0.25) is 0 Å². The number of fused-ring (bicyclic) bond motifs is 1. The minimum absolute atomic E-state index is 0.0603. The van der Waals surface area contributed by atoms with Crippen LogP contribution in [-0.2, 0) is 11.2 Å². The van der Waals surface area contributed by atoms with Gasteiger partial charge in [-0.1, -0.05) is 24.3 Å². The van der Waals surface area contributed by atoms with Crippen molar-refractivity contribution in [2.24, 2.45) is 0 Å². The lowest BCUT2D eigenvalue weighted by molar-refractivity contribution is -0.118. The second-order valence-corrected chi connectivity index (χ2v) is 5.99. The number of carbonyl (C=O) groups excluding carboxylic acids is 1. The number of para-hydroxylation sites is 1. The topological polar surface area (TPSA) is 53.2 Å². The monoisotopic (exact) mass is 320 g/mol. The predicted molar refractivity (Wildman–Crippen MR) is 97.5 cm³/mol. The summed E-state index contributed by atoms with van der Waals surface area (Å²) >= 11 is 0. The lowest BCUT2D eigenvalue weighted by Crippen LogP contribution is -2.26. The van der Waals surface area contributed by atoms with Crippen LogP contribution >= 0.6 is 0 Å². The van der Waals surface area contributed by atoms with E-state index in [0.29, 0.717) is 18.4 Å². The van der Waals surface area contributed by atoms with Crippen LogP contribution in [0.1, 0.15) is 17.5 Å². The van der Waals surface area contributed by atoms with Crippen LogP contribution in [0.3, 0.4) is 0 Å². The van der Waals surface area contributed by atoms with Crippen molar-refractivity contribution in [3.8, 4) is 0 Å². The minimum Gasteiger partial charge on any atom is -0.322 e. The molecule has 0 atom stereocenters. The van der Waals surface area contributed by atoms with Gasteiger partial charge in [0.25, 0.3) is 5.56 Å². The van der Waals surface area contributed by atoms with Gasteiger partial charge in [0.2, 0.25) is 5.91 Å². The Morgan fingerprint density at radius 3 is 2.58 bits per heavy atom. The molecule has 4 nitrogen and oxygen atoms in total. The molecule has 4 heteroatoms.